The fourth-order valence-electron chi connectivity index (χ4n) is 7.45. The van der Waals surface area contributed by atoms with Gasteiger partial charge in [-0.1, -0.05) is 244 Å². The number of carbonyl (C=O) groups is 1. The zero-order valence-electron chi connectivity index (χ0n) is 35.4. The summed E-state index contributed by atoms with van der Waals surface area (Å²) in [5, 5.41) is 13.3. The van der Waals surface area contributed by atoms with E-state index in [1.54, 1.807) is 6.08 Å². The molecule has 0 fully saturated rings. The van der Waals surface area contributed by atoms with Crippen molar-refractivity contribution >= 4 is 16.0 Å². The van der Waals surface area contributed by atoms with Gasteiger partial charge in [-0.25, -0.2) is 0 Å². The van der Waals surface area contributed by atoms with Gasteiger partial charge < -0.3 is 10.4 Å². The Hall–Kier alpha value is -0.920. The van der Waals surface area contributed by atoms with Crippen LogP contribution >= 0.6 is 0 Å². The molecule has 0 radical (unpaired) electrons. The number of carbonyl (C=O) groups excluding carboxylic acids is 1. The Morgan fingerprint density at radius 1 is 0.491 bits per heavy atom. The van der Waals surface area contributed by atoms with E-state index < -0.39 is 28.0 Å². The zero-order chi connectivity index (χ0) is 38.9. The topological polar surface area (TPSA) is 104 Å². The predicted octanol–water partition coefficient (Wildman–Crippen LogP) is 14.1. The average Bonchev–Trinajstić information content (AvgIpc) is 3.12. The fraction of sp³-hybridized carbons (Fsp3) is 0.935. The summed E-state index contributed by atoms with van der Waals surface area (Å²) in [6.45, 7) is 4.55. The molecule has 6 nitrogen and oxygen atoms in total. The van der Waals surface area contributed by atoms with Gasteiger partial charge in [0.15, 0.2) is 0 Å². The van der Waals surface area contributed by atoms with Crippen LogP contribution in [0.5, 0.6) is 0 Å². The summed E-state index contributed by atoms with van der Waals surface area (Å²) in [4.78, 5) is 12.6. The van der Waals surface area contributed by atoms with Crippen LogP contribution in [0.25, 0.3) is 0 Å². The summed E-state index contributed by atoms with van der Waals surface area (Å²) >= 11 is 0. The molecular weight excluding hydrogens is 679 g/mol. The zero-order valence-corrected chi connectivity index (χ0v) is 36.2. The molecule has 0 aromatic rings. The molecule has 0 saturated heterocycles. The SMILES string of the molecule is CCCCCCCCCCCCCCCCCCCC/C=C/C(O)C(CS(=O)(=O)O)NC(=O)CCCCCCCCCCCCCCCCCCCC. The number of amides is 1. The lowest BCUT2D eigenvalue weighted by atomic mass is 10.0. The highest BCUT2D eigenvalue weighted by molar-refractivity contribution is 7.85. The minimum absolute atomic E-state index is 0.272. The molecule has 2 atom stereocenters. The predicted molar refractivity (Wildman–Crippen MR) is 230 cm³/mol. The van der Waals surface area contributed by atoms with E-state index in [-0.39, 0.29) is 5.91 Å². The van der Waals surface area contributed by atoms with Crippen molar-refractivity contribution < 1.29 is 22.9 Å². The van der Waals surface area contributed by atoms with Gasteiger partial charge >= 0.3 is 0 Å². The standard InChI is InChI=1S/C46H91NO5S/c1-3-5-7-9-11-13-15-17-19-21-23-24-25-27-29-31-33-35-37-39-41-45(48)44(43-53(50,51)52)47-46(49)42-40-38-36-34-32-30-28-26-22-20-18-16-14-12-10-8-6-4-2/h39,41,44-45,48H,3-38,40,42-43H2,1-2H3,(H,47,49)(H,50,51,52)/b41-39+. The van der Waals surface area contributed by atoms with Crippen LogP contribution in [0.15, 0.2) is 12.2 Å². The highest BCUT2D eigenvalue weighted by Crippen LogP contribution is 2.17. The van der Waals surface area contributed by atoms with E-state index in [1.165, 1.54) is 199 Å². The van der Waals surface area contributed by atoms with Crippen molar-refractivity contribution in [2.24, 2.45) is 0 Å². The van der Waals surface area contributed by atoms with Crippen LogP contribution in [-0.2, 0) is 14.9 Å². The molecule has 0 heterocycles. The van der Waals surface area contributed by atoms with Crippen molar-refractivity contribution in [2.75, 3.05) is 5.75 Å². The van der Waals surface area contributed by atoms with Crippen LogP contribution in [0.3, 0.4) is 0 Å². The van der Waals surface area contributed by atoms with Crippen LogP contribution in [0.1, 0.15) is 258 Å². The third-order valence-electron chi connectivity index (χ3n) is 11.0. The van der Waals surface area contributed by atoms with Gasteiger partial charge in [0.05, 0.1) is 17.9 Å². The summed E-state index contributed by atoms with van der Waals surface area (Å²) in [6, 6.07) is -1.05. The lowest BCUT2D eigenvalue weighted by Crippen LogP contribution is -2.46. The van der Waals surface area contributed by atoms with E-state index in [2.05, 4.69) is 19.2 Å². The van der Waals surface area contributed by atoms with E-state index >= 15 is 0 Å². The average molecular weight is 770 g/mol. The number of hydrogen-bond donors (Lipinski definition) is 3. The van der Waals surface area contributed by atoms with Gasteiger partial charge in [0.25, 0.3) is 10.1 Å². The van der Waals surface area contributed by atoms with Crippen molar-refractivity contribution in [3.8, 4) is 0 Å². The van der Waals surface area contributed by atoms with Gasteiger partial charge in [0.2, 0.25) is 5.91 Å². The van der Waals surface area contributed by atoms with Gasteiger partial charge in [-0.3, -0.25) is 9.35 Å². The number of hydrogen-bond acceptors (Lipinski definition) is 4. The monoisotopic (exact) mass is 770 g/mol. The molecule has 0 aromatic carbocycles. The third kappa shape index (κ3) is 42.1. The smallest absolute Gasteiger partial charge is 0.267 e. The molecule has 0 saturated carbocycles. The number of allylic oxidation sites excluding steroid dienone is 1. The van der Waals surface area contributed by atoms with Gasteiger partial charge in [0.1, 0.15) is 0 Å². The molecule has 0 aromatic heterocycles. The molecule has 3 N–H and O–H groups in total. The molecule has 0 aliphatic heterocycles. The minimum Gasteiger partial charge on any atom is -0.387 e. The summed E-state index contributed by atoms with van der Waals surface area (Å²) in [5.41, 5.74) is 0. The van der Waals surface area contributed by atoms with E-state index in [4.69, 9.17) is 0 Å². The first-order chi connectivity index (χ1) is 25.8. The van der Waals surface area contributed by atoms with Crippen molar-refractivity contribution in [1.29, 1.82) is 0 Å². The Labute approximate surface area is 331 Å². The Bertz CT molecular complexity index is 892. The second-order valence-electron chi connectivity index (χ2n) is 16.4. The molecule has 0 bridgehead atoms. The van der Waals surface area contributed by atoms with E-state index in [9.17, 15) is 22.9 Å². The molecule has 0 rings (SSSR count). The quantitative estimate of drug-likeness (QED) is 0.0325. The number of unbranched alkanes of at least 4 members (excludes halogenated alkanes) is 35. The summed E-state index contributed by atoms with van der Waals surface area (Å²) in [5.74, 6) is -0.964. The summed E-state index contributed by atoms with van der Waals surface area (Å²) < 4.78 is 32.6. The first-order valence-corrected chi connectivity index (χ1v) is 25.0. The Kier molecular flexibility index (Phi) is 40.0. The van der Waals surface area contributed by atoms with Crippen molar-refractivity contribution in [3.05, 3.63) is 12.2 Å². The normalized spacial score (nSPS) is 13.2. The molecule has 53 heavy (non-hydrogen) atoms. The number of aliphatic hydroxyl groups excluding tert-OH is 1. The molecule has 316 valence electrons. The van der Waals surface area contributed by atoms with Gasteiger partial charge in [0, 0.05) is 6.42 Å². The van der Waals surface area contributed by atoms with Crippen molar-refractivity contribution in [1.82, 2.24) is 5.32 Å². The molecule has 0 aliphatic carbocycles. The highest BCUT2D eigenvalue weighted by atomic mass is 32.2. The number of aliphatic hydroxyl groups is 1. The van der Waals surface area contributed by atoms with Gasteiger partial charge in [-0.15, -0.1) is 0 Å². The Morgan fingerprint density at radius 3 is 1.08 bits per heavy atom. The molecular formula is C46H91NO5S. The van der Waals surface area contributed by atoms with E-state index in [0.29, 0.717) is 6.42 Å². The van der Waals surface area contributed by atoms with Gasteiger partial charge in [-0.2, -0.15) is 8.42 Å². The second kappa shape index (κ2) is 40.7. The van der Waals surface area contributed by atoms with Crippen LogP contribution in [-0.4, -0.2) is 41.9 Å². The second-order valence-corrected chi connectivity index (χ2v) is 17.9. The van der Waals surface area contributed by atoms with Crippen molar-refractivity contribution in [3.63, 3.8) is 0 Å². The number of rotatable bonds is 43. The maximum Gasteiger partial charge on any atom is 0.267 e. The molecule has 7 heteroatoms. The first-order valence-electron chi connectivity index (χ1n) is 23.4. The van der Waals surface area contributed by atoms with E-state index in [1.807, 2.05) is 6.08 Å². The Balaban J connectivity index is 3.81. The summed E-state index contributed by atoms with van der Waals surface area (Å²) in [7, 11) is -4.34. The maximum absolute atomic E-state index is 12.6. The largest absolute Gasteiger partial charge is 0.387 e. The number of nitrogens with one attached hydrogen (secondary N) is 1. The lowest BCUT2D eigenvalue weighted by molar-refractivity contribution is -0.122. The molecule has 1 amide bonds. The summed E-state index contributed by atoms with van der Waals surface area (Å²) in [6.07, 6.45) is 50.6. The van der Waals surface area contributed by atoms with Crippen molar-refractivity contribution in [2.45, 2.75) is 270 Å². The van der Waals surface area contributed by atoms with Crippen LogP contribution < -0.4 is 5.32 Å². The van der Waals surface area contributed by atoms with Crippen LogP contribution in [0, 0.1) is 0 Å². The molecule has 2 unspecified atom stereocenters. The van der Waals surface area contributed by atoms with Gasteiger partial charge in [-0.05, 0) is 19.3 Å². The minimum atomic E-state index is -4.34. The highest BCUT2D eigenvalue weighted by Gasteiger charge is 2.24. The molecule has 0 spiro atoms. The molecule has 0 aliphatic rings. The third-order valence-corrected chi connectivity index (χ3v) is 11.7. The first kappa shape index (κ1) is 52.1. The lowest BCUT2D eigenvalue weighted by Gasteiger charge is -2.21. The fourth-order valence-corrected chi connectivity index (χ4v) is 8.19. The van der Waals surface area contributed by atoms with Crippen LogP contribution in [0.2, 0.25) is 0 Å². The maximum atomic E-state index is 12.6. The van der Waals surface area contributed by atoms with E-state index in [0.717, 1.165) is 38.5 Å². The Morgan fingerprint density at radius 2 is 0.774 bits per heavy atom. The van der Waals surface area contributed by atoms with Crippen LogP contribution in [0.4, 0.5) is 0 Å².